The molecule has 1 aromatic heterocycles. The molecule has 1 fully saturated rings. The van der Waals surface area contributed by atoms with Crippen LogP contribution < -0.4 is 5.32 Å². The normalized spacial score (nSPS) is 33.6. The van der Waals surface area contributed by atoms with E-state index in [9.17, 15) is 5.11 Å². The molecule has 88 valence electrons. The van der Waals surface area contributed by atoms with Gasteiger partial charge in [0, 0.05) is 23.5 Å². The lowest BCUT2D eigenvalue weighted by Gasteiger charge is -2.45. The van der Waals surface area contributed by atoms with E-state index in [2.05, 4.69) is 10.3 Å². The molecule has 4 nitrogen and oxygen atoms in total. The highest BCUT2D eigenvalue weighted by molar-refractivity contribution is 5.18. The monoisotopic (exact) mass is 222 g/mol. The molecule has 4 heteroatoms. The molecule has 1 aliphatic heterocycles. The maximum absolute atomic E-state index is 10.5. The van der Waals surface area contributed by atoms with Gasteiger partial charge in [-0.3, -0.25) is 4.98 Å². The maximum Gasteiger partial charge on any atom is 0.209 e. The predicted molar refractivity (Wildman–Crippen MR) is 60.8 cm³/mol. The van der Waals surface area contributed by atoms with Crippen LogP contribution in [0.25, 0.3) is 0 Å². The highest BCUT2D eigenvalue weighted by atomic mass is 16.6. The van der Waals surface area contributed by atoms with Crippen LogP contribution >= 0.6 is 0 Å². The Hall–Kier alpha value is -0.970. The third kappa shape index (κ3) is 1.96. The molecule has 16 heavy (non-hydrogen) atoms. The van der Waals surface area contributed by atoms with Crippen molar-refractivity contribution in [2.45, 2.75) is 38.1 Å². The first-order chi connectivity index (χ1) is 7.44. The van der Waals surface area contributed by atoms with Crippen LogP contribution in [0, 0.1) is 0 Å². The van der Waals surface area contributed by atoms with Gasteiger partial charge in [-0.05, 0) is 26.8 Å². The molecule has 0 bridgehead atoms. The summed E-state index contributed by atoms with van der Waals surface area (Å²) in [5.41, 5.74) is 0.568. The van der Waals surface area contributed by atoms with Crippen molar-refractivity contribution in [1.82, 2.24) is 10.3 Å². The zero-order valence-electron chi connectivity index (χ0n) is 9.90. The van der Waals surface area contributed by atoms with Gasteiger partial charge in [0.1, 0.15) is 0 Å². The quantitative estimate of drug-likeness (QED) is 0.744. The van der Waals surface area contributed by atoms with Crippen molar-refractivity contribution in [3.63, 3.8) is 0 Å². The summed E-state index contributed by atoms with van der Waals surface area (Å²) in [4.78, 5) is 4.01. The summed E-state index contributed by atoms with van der Waals surface area (Å²) in [6.07, 6.45) is 3.31. The molecular weight excluding hydrogens is 204 g/mol. The number of nitrogens with one attached hydrogen (secondary N) is 1. The van der Waals surface area contributed by atoms with Gasteiger partial charge in [-0.15, -0.1) is 0 Å². The Morgan fingerprint density at radius 1 is 1.56 bits per heavy atom. The van der Waals surface area contributed by atoms with Gasteiger partial charge in [-0.25, -0.2) is 0 Å². The summed E-state index contributed by atoms with van der Waals surface area (Å²) < 4.78 is 5.63. The van der Waals surface area contributed by atoms with Gasteiger partial charge in [0.05, 0.1) is 12.6 Å². The van der Waals surface area contributed by atoms with Crippen molar-refractivity contribution in [2.24, 2.45) is 0 Å². The second-order valence-corrected chi connectivity index (χ2v) is 4.98. The van der Waals surface area contributed by atoms with E-state index in [0.717, 1.165) is 0 Å². The standard InChI is InChI=1S/C12H18N2O2/c1-9-12(15,10-5-4-6-13-7-10)16-8-11(2,3)14-9/h4-7,9,14-15H,8H2,1-3H3/t9-,12+/m0/s1. The average molecular weight is 222 g/mol. The SMILES string of the molecule is C[C@@H]1NC(C)(C)CO[C@@]1(O)c1cccnc1. The van der Waals surface area contributed by atoms with Crippen LogP contribution in [0.15, 0.2) is 24.5 Å². The molecule has 0 unspecified atom stereocenters. The van der Waals surface area contributed by atoms with Crippen LogP contribution in [0.1, 0.15) is 26.3 Å². The minimum atomic E-state index is -1.29. The third-order valence-electron chi connectivity index (χ3n) is 2.92. The summed E-state index contributed by atoms with van der Waals surface area (Å²) in [7, 11) is 0. The molecule has 0 aliphatic carbocycles. The number of pyridine rings is 1. The molecular formula is C12H18N2O2. The molecule has 2 atom stereocenters. The van der Waals surface area contributed by atoms with Crippen molar-refractivity contribution < 1.29 is 9.84 Å². The molecule has 0 aromatic carbocycles. The van der Waals surface area contributed by atoms with Crippen molar-refractivity contribution in [2.75, 3.05) is 6.61 Å². The van der Waals surface area contributed by atoms with Gasteiger partial charge in [0.2, 0.25) is 5.79 Å². The molecule has 1 aromatic rings. The lowest BCUT2D eigenvalue weighted by Crippen LogP contribution is -2.63. The van der Waals surface area contributed by atoms with E-state index in [1.807, 2.05) is 26.8 Å². The predicted octanol–water partition coefficient (Wildman–Crippen LogP) is 1.01. The van der Waals surface area contributed by atoms with E-state index in [1.54, 1.807) is 18.5 Å². The minimum Gasteiger partial charge on any atom is -0.361 e. The number of aromatic nitrogens is 1. The van der Waals surface area contributed by atoms with Gasteiger partial charge >= 0.3 is 0 Å². The molecule has 0 amide bonds. The molecule has 0 radical (unpaired) electrons. The second-order valence-electron chi connectivity index (χ2n) is 4.98. The highest BCUT2D eigenvalue weighted by Crippen LogP contribution is 2.31. The van der Waals surface area contributed by atoms with Crippen LogP contribution in [-0.4, -0.2) is 28.3 Å². The second kappa shape index (κ2) is 3.80. The zero-order valence-corrected chi connectivity index (χ0v) is 9.90. The summed E-state index contributed by atoms with van der Waals surface area (Å²) >= 11 is 0. The van der Waals surface area contributed by atoms with E-state index in [0.29, 0.717) is 12.2 Å². The molecule has 0 saturated carbocycles. The number of rotatable bonds is 1. The van der Waals surface area contributed by atoms with E-state index >= 15 is 0 Å². The highest BCUT2D eigenvalue weighted by Gasteiger charge is 2.44. The largest absolute Gasteiger partial charge is 0.361 e. The number of hydrogen-bond acceptors (Lipinski definition) is 4. The Bertz CT molecular complexity index is 367. The fraction of sp³-hybridized carbons (Fsp3) is 0.583. The summed E-state index contributed by atoms with van der Waals surface area (Å²) in [6.45, 7) is 6.47. The van der Waals surface area contributed by atoms with Crippen LogP contribution in [0.3, 0.4) is 0 Å². The Morgan fingerprint density at radius 3 is 2.88 bits per heavy atom. The molecule has 0 spiro atoms. The number of hydrogen-bond donors (Lipinski definition) is 2. The molecule has 2 N–H and O–H groups in total. The maximum atomic E-state index is 10.5. The Balaban J connectivity index is 2.27. The molecule has 2 rings (SSSR count). The summed E-state index contributed by atoms with van der Waals surface area (Å²) in [5.74, 6) is -1.29. The number of aliphatic hydroxyl groups is 1. The first-order valence-electron chi connectivity index (χ1n) is 5.49. The van der Waals surface area contributed by atoms with Gasteiger partial charge in [0.15, 0.2) is 0 Å². The fourth-order valence-corrected chi connectivity index (χ4v) is 2.05. The van der Waals surface area contributed by atoms with Crippen molar-refractivity contribution >= 4 is 0 Å². The van der Waals surface area contributed by atoms with E-state index in [4.69, 9.17) is 4.74 Å². The lowest BCUT2D eigenvalue weighted by atomic mass is 9.93. The molecule has 2 heterocycles. The Labute approximate surface area is 95.7 Å². The van der Waals surface area contributed by atoms with Crippen LogP contribution in [0.4, 0.5) is 0 Å². The van der Waals surface area contributed by atoms with E-state index in [-0.39, 0.29) is 11.6 Å². The molecule has 1 saturated heterocycles. The lowest BCUT2D eigenvalue weighted by molar-refractivity contribution is -0.263. The van der Waals surface area contributed by atoms with Crippen LogP contribution in [0.2, 0.25) is 0 Å². The number of nitrogens with zero attached hydrogens (tertiary/aromatic N) is 1. The number of morpholine rings is 1. The average Bonchev–Trinajstić information content (AvgIpc) is 2.25. The van der Waals surface area contributed by atoms with Crippen molar-refractivity contribution in [1.29, 1.82) is 0 Å². The van der Waals surface area contributed by atoms with Crippen LogP contribution in [0.5, 0.6) is 0 Å². The van der Waals surface area contributed by atoms with Gasteiger partial charge < -0.3 is 15.2 Å². The minimum absolute atomic E-state index is 0.117. The Kier molecular flexibility index (Phi) is 2.74. The van der Waals surface area contributed by atoms with Crippen molar-refractivity contribution in [3.8, 4) is 0 Å². The third-order valence-corrected chi connectivity index (χ3v) is 2.92. The van der Waals surface area contributed by atoms with Gasteiger partial charge in [0.25, 0.3) is 0 Å². The van der Waals surface area contributed by atoms with Crippen LogP contribution in [-0.2, 0) is 10.5 Å². The smallest absolute Gasteiger partial charge is 0.209 e. The van der Waals surface area contributed by atoms with E-state index in [1.165, 1.54) is 0 Å². The Morgan fingerprint density at radius 2 is 2.31 bits per heavy atom. The zero-order chi connectivity index (χ0) is 11.8. The van der Waals surface area contributed by atoms with E-state index < -0.39 is 5.79 Å². The summed E-state index contributed by atoms with van der Waals surface area (Å²) in [5, 5.41) is 13.9. The topological polar surface area (TPSA) is 54.4 Å². The van der Waals surface area contributed by atoms with Gasteiger partial charge in [-0.2, -0.15) is 0 Å². The molecule has 1 aliphatic rings. The van der Waals surface area contributed by atoms with Crippen molar-refractivity contribution in [3.05, 3.63) is 30.1 Å². The fourth-order valence-electron chi connectivity index (χ4n) is 2.05. The first-order valence-corrected chi connectivity index (χ1v) is 5.49. The first kappa shape index (κ1) is 11.5. The number of ether oxygens (including phenoxy) is 1. The summed E-state index contributed by atoms with van der Waals surface area (Å²) in [6, 6.07) is 3.44. The van der Waals surface area contributed by atoms with Gasteiger partial charge in [-0.1, -0.05) is 6.07 Å².